The average Bonchev–Trinajstić information content (AvgIpc) is 2.96. The molecule has 1 N–H and O–H groups in total. The summed E-state index contributed by atoms with van der Waals surface area (Å²) in [4.78, 5) is 27.3. The molecule has 7 heteroatoms. The summed E-state index contributed by atoms with van der Waals surface area (Å²) in [5.41, 5.74) is 2.49. The number of carbonyl (C=O) groups is 1. The highest BCUT2D eigenvalue weighted by atomic mass is 19.1. The minimum Gasteiger partial charge on any atom is -0.352 e. The number of carbonyl (C=O) groups excluding carboxylic acids is 1. The Kier molecular flexibility index (Phi) is 5.49. The fraction of sp³-hybridized carbons (Fsp3) is 0.364. The van der Waals surface area contributed by atoms with Gasteiger partial charge < -0.3 is 5.32 Å². The van der Waals surface area contributed by atoms with Crippen LogP contribution in [-0.2, 0) is 24.9 Å². The van der Waals surface area contributed by atoms with Crippen LogP contribution in [0.2, 0.25) is 0 Å². The summed E-state index contributed by atoms with van der Waals surface area (Å²) < 4.78 is 16.1. The molecule has 29 heavy (non-hydrogen) atoms. The molecule has 1 aliphatic rings. The maximum Gasteiger partial charge on any atom is 0.329 e. The summed E-state index contributed by atoms with van der Waals surface area (Å²) in [5, 5.41) is 3.08. The van der Waals surface area contributed by atoms with E-state index in [0.29, 0.717) is 0 Å². The number of aryl methyl sites for hydroxylation is 1. The van der Waals surface area contributed by atoms with Gasteiger partial charge >= 0.3 is 5.69 Å². The van der Waals surface area contributed by atoms with Crippen molar-refractivity contribution in [2.24, 2.45) is 7.05 Å². The third-order valence-corrected chi connectivity index (χ3v) is 5.63. The Morgan fingerprint density at radius 3 is 2.41 bits per heavy atom. The molecule has 3 aromatic rings. The number of rotatable bonds is 5. The van der Waals surface area contributed by atoms with Crippen molar-refractivity contribution in [3.8, 4) is 0 Å². The lowest BCUT2D eigenvalue weighted by Gasteiger charge is -2.32. The number of nitrogens with zero attached hydrogens (tertiary/aromatic N) is 3. The Morgan fingerprint density at radius 1 is 1.07 bits per heavy atom. The van der Waals surface area contributed by atoms with Gasteiger partial charge in [-0.2, -0.15) is 0 Å². The third-order valence-electron chi connectivity index (χ3n) is 5.63. The molecule has 1 aliphatic heterocycles. The molecule has 1 fully saturated rings. The second-order valence-electron chi connectivity index (χ2n) is 7.66. The van der Waals surface area contributed by atoms with E-state index in [1.165, 1.54) is 16.7 Å². The van der Waals surface area contributed by atoms with Crippen LogP contribution in [0.5, 0.6) is 0 Å². The quantitative estimate of drug-likeness (QED) is 0.720. The van der Waals surface area contributed by atoms with Crippen molar-refractivity contribution in [3.63, 3.8) is 0 Å². The van der Waals surface area contributed by atoms with Crippen LogP contribution in [0, 0.1) is 5.82 Å². The van der Waals surface area contributed by atoms with Crippen LogP contribution in [0.4, 0.5) is 4.39 Å². The van der Waals surface area contributed by atoms with Gasteiger partial charge in [-0.3, -0.25) is 18.8 Å². The topological polar surface area (TPSA) is 59.3 Å². The Labute approximate surface area is 168 Å². The molecule has 4 rings (SSSR count). The van der Waals surface area contributed by atoms with Gasteiger partial charge in [-0.15, -0.1) is 0 Å². The van der Waals surface area contributed by atoms with Crippen molar-refractivity contribution < 1.29 is 9.18 Å². The van der Waals surface area contributed by atoms with Gasteiger partial charge in [-0.25, -0.2) is 9.18 Å². The van der Waals surface area contributed by atoms with Crippen LogP contribution in [0.25, 0.3) is 11.0 Å². The molecule has 0 unspecified atom stereocenters. The lowest BCUT2D eigenvalue weighted by atomic mass is 10.0. The van der Waals surface area contributed by atoms with Crippen LogP contribution < -0.4 is 11.0 Å². The molecule has 2 heterocycles. The first kappa shape index (κ1) is 19.4. The van der Waals surface area contributed by atoms with Crippen LogP contribution in [0.15, 0.2) is 53.3 Å². The van der Waals surface area contributed by atoms with Crippen LogP contribution in [-0.4, -0.2) is 39.1 Å². The zero-order valence-electron chi connectivity index (χ0n) is 16.5. The molecule has 0 bridgehead atoms. The highest BCUT2D eigenvalue weighted by molar-refractivity contribution is 5.81. The smallest absolute Gasteiger partial charge is 0.329 e. The first-order chi connectivity index (χ1) is 14.0. The van der Waals surface area contributed by atoms with Crippen LogP contribution in [0.1, 0.15) is 18.4 Å². The minimum absolute atomic E-state index is 0.0238. The summed E-state index contributed by atoms with van der Waals surface area (Å²) >= 11 is 0. The number of nitrogens with one attached hydrogen (secondary N) is 1. The van der Waals surface area contributed by atoms with Crippen molar-refractivity contribution in [3.05, 3.63) is 70.4 Å². The molecule has 0 atom stereocenters. The van der Waals surface area contributed by atoms with Gasteiger partial charge in [0.15, 0.2) is 0 Å². The van der Waals surface area contributed by atoms with Crippen molar-refractivity contribution in [1.29, 1.82) is 0 Å². The monoisotopic (exact) mass is 396 g/mol. The summed E-state index contributed by atoms with van der Waals surface area (Å²) in [6.45, 7) is 2.55. The second kappa shape index (κ2) is 8.21. The molecule has 6 nitrogen and oxygen atoms in total. The first-order valence-corrected chi connectivity index (χ1v) is 9.91. The average molecular weight is 396 g/mol. The third kappa shape index (κ3) is 4.24. The van der Waals surface area contributed by atoms with Crippen molar-refractivity contribution in [1.82, 2.24) is 19.4 Å². The molecule has 0 spiro atoms. The first-order valence-electron chi connectivity index (χ1n) is 9.91. The van der Waals surface area contributed by atoms with Crippen LogP contribution >= 0.6 is 0 Å². The number of hydrogen-bond acceptors (Lipinski definition) is 3. The van der Waals surface area contributed by atoms with E-state index in [9.17, 15) is 14.0 Å². The van der Waals surface area contributed by atoms with Gasteiger partial charge in [0.2, 0.25) is 5.91 Å². The number of likely N-dealkylation sites (tertiary alicyclic amines) is 1. The maximum absolute atomic E-state index is 13.0. The molecule has 0 radical (unpaired) electrons. The number of imidazole rings is 1. The van der Waals surface area contributed by atoms with E-state index in [0.717, 1.165) is 49.1 Å². The number of piperidine rings is 1. The molecule has 2 aromatic carbocycles. The SMILES string of the molecule is Cn1c(=O)n(CC(=O)NC2CCN(Cc3ccc(F)cc3)CC2)c2ccccc21. The highest BCUT2D eigenvalue weighted by Gasteiger charge is 2.21. The van der Waals surface area contributed by atoms with Gasteiger partial charge in [0.25, 0.3) is 0 Å². The van der Waals surface area contributed by atoms with Crippen molar-refractivity contribution in [2.75, 3.05) is 13.1 Å². The Bertz CT molecular complexity index is 1060. The number of aromatic nitrogens is 2. The summed E-state index contributed by atoms with van der Waals surface area (Å²) in [7, 11) is 1.72. The van der Waals surface area contributed by atoms with Crippen molar-refractivity contribution >= 4 is 16.9 Å². The lowest BCUT2D eigenvalue weighted by molar-refractivity contribution is -0.122. The van der Waals surface area contributed by atoms with E-state index in [1.807, 2.05) is 36.4 Å². The predicted molar refractivity (Wildman–Crippen MR) is 110 cm³/mol. The fourth-order valence-corrected chi connectivity index (χ4v) is 4.02. The van der Waals surface area contributed by atoms with Crippen LogP contribution in [0.3, 0.4) is 0 Å². The van der Waals surface area contributed by atoms with Gasteiger partial charge in [0, 0.05) is 32.7 Å². The standard InChI is InChI=1S/C22H25FN4O2/c1-25-19-4-2-3-5-20(19)27(22(25)29)15-21(28)24-18-10-12-26(13-11-18)14-16-6-8-17(23)9-7-16/h2-9,18H,10-15H2,1H3,(H,24,28). The fourth-order valence-electron chi connectivity index (χ4n) is 4.02. The molecule has 152 valence electrons. The summed E-state index contributed by atoms with van der Waals surface area (Å²) in [5.74, 6) is -0.360. The van der Waals surface area contributed by atoms with E-state index in [1.54, 1.807) is 11.6 Å². The zero-order chi connectivity index (χ0) is 20.4. The predicted octanol–water partition coefficient (Wildman–Crippen LogP) is 2.26. The highest BCUT2D eigenvalue weighted by Crippen LogP contribution is 2.15. The maximum atomic E-state index is 13.0. The van der Waals surface area contributed by atoms with E-state index in [4.69, 9.17) is 0 Å². The molecule has 1 aromatic heterocycles. The molecular formula is C22H25FN4O2. The number of fused-ring (bicyclic) bond motifs is 1. The normalized spacial score (nSPS) is 15.7. The van der Waals surface area contributed by atoms with Gasteiger partial charge in [-0.1, -0.05) is 24.3 Å². The number of amides is 1. The molecule has 0 saturated carbocycles. The van der Waals surface area contributed by atoms with Crippen molar-refractivity contribution in [2.45, 2.75) is 32.0 Å². The second-order valence-corrected chi connectivity index (χ2v) is 7.66. The van der Waals surface area contributed by atoms with E-state index in [-0.39, 0.29) is 30.0 Å². The summed E-state index contributed by atoms with van der Waals surface area (Å²) in [6.07, 6.45) is 1.72. The zero-order valence-corrected chi connectivity index (χ0v) is 16.5. The molecule has 1 saturated heterocycles. The molecule has 1 amide bonds. The van der Waals surface area contributed by atoms with E-state index in [2.05, 4.69) is 10.2 Å². The van der Waals surface area contributed by atoms with Gasteiger partial charge in [0.1, 0.15) is 12.4 Å². The molecule has 0 aliphatic carbocycles. The number of para-hydroxylation sites is 2. The lowest BCUT2D eigenvalue weighted by Crippen LogP contribution is -2.45. The summed E-state index contributed by atoms with van der Waals surface area (Å²) in [6, 6.07) is 14.2. The largest absolute Gasteiger partial charge is 0.352 e. The number of benzene rings is 2. The van der Waals surface area contributed by atoms with Gasteiger partial charge in [0.05, 0.1) is 11.0 Å². The molecular weight excluding hydrogens is 371 g/mol. The van der Waals surface area contributed by atoms with Gasteiger partial charge in [-0.05, 0) is 42.7 Å². The van der Waals surface area contributed by atoms with E-state index < -0.39 is 0 Å². The Morgan fingerprint density at radius 2 is 1.72 bits per heavy atom. The van der Waals surface area contributed by atoms with E-state index >= 15 is 0 Å². The Hall–Kier alpha value is -2.93. The number of hydrogen-bond donors (Lipinski definition) is 1. The minimum atomic E-state index is -0.222. The number of halogens is 1. The Balaban J connectivity index is 1.32.